The molecule has 0 aliphatic rings. The summed E-state index contributed by atoms with van der Waals surface area (Å²) in [4.78, 5) is 25.7. The van der Waals surface area contributed by atoms with Crippen molar-refractivity contribution in [2.24, 2.45) is 11.1 Å². The van der Waals surface area contributed by atoms with E-state index in [4.69, 9.17) is 17.3 Å². The Balaban J connectivity index is 3.14. The molecule has 0 aliphatic carbocycles. The Morgan fingerprint density at radius 3 is 2.45 bits per heavy atom. The zero-order chi connectivity index (χ0) is 15.5. The van der Waals surface area contributed by atoms with Crippen LogP contribution in [-0.4, -0.2) is 37.4 Å². The van der Waals surface area contributed by atoms with Gasteiger partial charge in [-0.15, -0.1) is 0 Å². The summed E-state index contributed by atoms with van der Waals surface area (Å²) in [5.41, 5.74) is 5.63. The highest BCUT2D eigenvalue weighted by atomic mass is 35.5. The molecule has 1 aromatic carbocycles. The fourth-order valence-corrected chi connectivity index (χ4v) is 1.60. The van der Waals surface area contributed by atoms with Crippen LogP contribution in [0.4, 0.5) is 5.69 Å². The van der Waals surface area contributed by atoms with Gasteiger partial charge in [0.05, 0.1) is 16.7 Å². The van der Waals surface area contributed by atoms with Gasteiger partial charge in [0.25, 0.3) is 5.91 Å². The summed E-state index contributed by atoms with van der Waals surface area (Å²) in [6.07, 6.45) is 0. The van der Waals surface area contributed by atoms with Crippen molar-refractivity contribution >= 4 is 29.1 Å². The van der Waals surface area contributed by atoms with Crippen molar-refractivity contribution in [3.63, 3.8) is 0 Å². The van der Waals surface area contributed by atoms with Crippen molar-refractivity contribution < 1.29 is 9.59 Å². The average Bonchev–Trinajstić information content (AvgIpc) is 2.38. The normalized spacial score (nSPS) is 11.1. The van der Waals surface area contributed by atoms with Crippen molar-refractivity contribution in [3.8, 4) is 0 Å². The van der Waals surface area contributed by atoms with Gasteiger partial charge in [0.15, 0.2) is 0 Å². The second-order valence-electron chi connectivity index (χ2n) is 5.43. The molecular formula is C14H20ClN3O2. The van der Waals surface area contributed by atoms with E-state index in [2.05, 4.69) is 5.32 Å². The molecule has 0 saturated carbocycles. The molecule has 20 heavy (non-hydrogen) atoms. The summed E-state index contributed by atoms with van der Waals surface area (Å²) in [6, 6.07) is 4.76. The fraction of sp³-hybridized carbons (Fsp3) is 0.429. The molecule has 2 amide bonds. The lowest BCUT2D eigenvalue weighted by Gasteiger charge is -2.23. The third kappa shape index (κ3) is 3.71. The average molecular weight is 298 g/mol. The van der Waals surface area contributed by atoms with E-state index in [1.807, 2.05) is 0 Å². The number of nitrogens with two attached hydrogens (primary N) is 1. The number of benzene rings is 1. The molecule has 5 nitrogen and oxygen atoms in total. The minimum Gasteiger partial charge on any atom is -0.345 e. The van der Waals surface area contributed by atoms with E-state index in [-0.39, 0.29) is 18.4 Å². The number of hydrogen-bond acceptors (Lipinski definition) is 3. The van der Waals surface area contributed by atoms with Crippen LogP contribution >= 0.6 is 11.6 Å². The van der Waals surface area contributed by atoms with Crippen LogP contribution < -0.4 is 11.1 Å². The number of nitrogens with zero attached hydrogens (tertiary/aromatic N) is 1. The number of nitrogens with one attached hydrogen (secondary N) is 1. The number of rotatable bonds is 4. The van der Waals surface area contributed by atoms with Gasteiger partial charge >= 0.3 is 0 Å². The first-order valence-electron chi connectivity index (χ1n) is 6.22. The Morgan fingerprint density at radius 2 is 1.95 bits per heavy atom. The molecule has 0 bridgehead atoms. The van der Waals surface area contributed by atoms with Crippen molar-refractivity contribution in [3.05, 3.63) is 28.8 Å². The fourth-order valence-electron chi connectivity index (χ4n) is 1.43. The Hall–Kier alpha value is -1.59. The molecule has 0 aromatic heterocycles. The first kappa shape index (κ1) is 16.5. The molecular weight excluding hydrogens is 278 g/mol. The summed E-state index contributed by atoms with van der Waals surface area (Å²) in [5.74, 6) is -0.461. The first-order valence-corrected chi connectivity index (χ1v) is 6.59. The smallest absolute Gasteiger partial charge is 0.255 e. The monoisotopic (exact) mass is 297 g/mol. The molecule has 0 radical (unpaired) electrons. The van der Waals surface area contributed by atoms with E-state index in [1.165, 1.54) is 4.90 Å². The van der Waals surface area contributed by atoms with E-state index in [9.17, 15) is 9.59 Å². The Morgan fingerprint density at radius 1 is 1.35 bits per heavy atom. The number of amides is 2. The van der Waals surface area contributed by atoms with Crippen LogP contribution in [0.25, 0.3) is 0 Å². The van der Waals surface area contributed by atoms with Crippen LogP contribution in [0.2, 0.25) is 5.02 Å². The van der Waals surface area contributed by atoms with Gasteiger partial charge in [0.1, 0.15) is 0 Å². The van der Waals surface area contributed by atoms with Crippen LogP contribution in [0, 0.1) is 5.41 Å². The zero-order valence-corrected chi connectivity index (χ0v) is 12.9. The number of hydrogen-bond donors (Lipinski definition) is 2. The van der Waals surface area contributed by atoms with Crippen LogP contribution in [0.3, 0.4) is 0 Å². The van der Waals surface area contributed by atoms with Gasteiger partial charge in [-0.2, -0.15) is 0 Å². The van der Waals surface area contributed by atoms with E-state index in [1.54, 1.807) is 46.1 Å². The second-order valence-corrected chi connectivity index (χ2v) is 5.87. The lowest BCUT2D eigenvalue weighted by atomic mass is 9.92. The molecule has 6 heteroatoms. The highest BCUT2D eigenvalue weighted by Crippen LogP contribution is 2.24. The molecule has 1 aromatic rings. The molecule has 0 aliphatic heterocycles. The van der Waals surface area contributed by atoms with Crippen molar-refractivity contribution in [1.82, 2.24) is 4.90 Å². The molecule has 0 spiro atoms. The summed E-state index contributed by atoms with van der Waals surface area (Å²) in [6.45, 7) is 3.68. The number of halogens is 1. The molecule has 0 unspecified atom stereocenters. The highest BCUT2D eigenvalue weighted by Gasteiger charge is 2.27. The summed E-state index contributed by atoms with van der Waals surface area (Å²) in [7, 11) is 3.29. The predicted molar refractivity (Wildman–Crippen MR) is 80.9 cm³/mol. The van der Waals surface area contributed by atoms with Gasteiger partial charge < -0.3 is 16.0 Å². The van der Waals surface area contributed by atoms with Gasteiger partial charge in [-0.3, -0.25) is 9.59 Å². The van der Waals surface area contributed by atoms with Crippen LogP contribution in [0.5, 0.6) is 0 Å². The largest absolute Gasteiger partial charge is 0.345 e. The minimum atomic E-state index is -0.721. The Kier molecular flexibility index (Phi) is 5.14. The molecule has 3 N–H and O–H groups in total. The Labute approximate surface area is 124 Å². The Bertz CT molecular complexity index is 527. The molecule has 0 saturated heterocycles. The van der Waals surface area contributed by atoms with Gasteiger partial charge in [-0.1, -0.05) is 11.6 Å². The maximum absolute atomic E-state index is 12.2. The van der Waals surface area contributed by atoms with Gasteiger partial charge in [0, 0.05) is 25.7 Å². The standard InChI is InChI=1S/C14H20ClN3O2/c1-14(2,8-16)13(20)17-11-7-9(15)5-6-10(11)12(19)18(3)4/h5-7H,8,16H2,1-4H3,(H,17,20). The summed E-state index contributed by atoms with van der Waals surface area (Å²) >= 11 is 5.93. The quantitative estimate of drug-likeness (QED) is 0.892. The van der Waals surface area contributed by atoms with Crippen molar-refractivity contribution in [1.29, 1.82) is 0 Å². The molecule has 0 heterocycles. The van der Waals surface area contributed by atoms with E-state index >= 15 is 0 Å². The van der Waals surface area contributed by atoms with Crippen LogP contribution in [-0.2, 0) is 4.79 Å². The first-order chi connectivity index (χ1) is 9.19. The molecule has 0 fully saturated rings. The summed E-state index contributed by atoms with van der Waals surface area (Å²) in [5, 5.41) is 3.17. The zero-order valence-electron chi connectivity index (χ0n) is 12.2. The van der Waals surface area contributed by atoms with E-state index in [0.29, 0.717) is 16.3 Å². The SMILES string of the molecule is CN(C)C(=O)c1ccc(Cl)cc1NC(=O)C(C)(C)CN. The number of carbonyl (C=O) groups is 2. The molecule has 110 valence electrons. The van der Waals surface area contributed by atoms with Gasteiger partial charge in [-0.05, 0) is 32.0 Å². The van der Waals surface area contributed by atoms with Gasteiger partial charge in [0.2, 0.25) is 5.91 Å². The third-order valence-corrected chi connectivity index (χ3v) is 3.23. The van der Waals surface area contributed by atoms with Crippen LogP contribution in [0.15, 0.2) is 18.2 Å². The maximum atomic E-state index is 12.2. The third-order valence-electron chi connectivity index (χ3n) is 2.99. The second kappa shape index (κ2) is 6.24. The lowest BCUT2D eigenvalue weighted by molar-refractivity contribution is -0.123. The molecule has 0 atom stereocenters. The summed E-state index contributed by atoms with van der Waals surface area (Å²) < 4.78 is 0. The lowest BCUT2D eigenvalue weighted by Crippen LogP contribution is -2.37. The van der Waals surface area contributed by atoms with E-state index in [0.717, 1.165) is 0 Å². The minimum absolute atomic E-state index is 0.205. The van der Waals surface area contributed by atoms with Crippen molar-refractivity contribution in [2.45, 2.75) is 13.8 Å². The predicted octanol–water partition coefficient (Wildman–Crippen LogP) is 1.97. The topological polar surface area (TPSA) is 75.4 Å². The van der Waals surface area contributed by atoms with Crippen LogP contribution in [0.1, 0.15) is 24.2 Å². The van der Waals surface area contributed by atoms with Crippen molar-refractivity contribution in [2.75, 3.05) is 26.0 Å². The van der Waals surface area contributed by atoms with Gasteiger partial charge in [-0.25, -0.2) is 0 Å². The molecule has 1 rings (SSSR count). The maximum Gasteiger partial charge on any atom is 0.255 e. The number of anilines is 1. The van der Waals surface area contributed by atoms with E-state index < -0.39 is 5.41 Å². The number of carbonyl (C=O) groups excluding carboxylic acids is 2. The highest BCUT2D eigenvalue weighted by molar-refractivity contribution is 6.31.